The van der Waals surface area contributed by atoms with E-state index < -0.39 is 0 Å². The molecule has 6 heteroatoms. The van der Waals surface area contributed by atoms with Crippen LogP contribution < -0.4 is 5.32 Å². The van der Waals surface area contributed by atoms with Crippen molar-refractivity contribution in [2.75, 3.05) is 18.4 Å². The highest BCUT2D eigenvalue weighted by molar-refractivity contribution is 6.31. The molecule has 2 rings (SSSR count). The SMILES string of the molecule is CCN(CC)C(=O)c1ccnc(NCc2ccccc2Cl)n1. The van der Waals surface area contributed by atoms with E-state index in [1.54, 1.807) is 17.2 Å². The molecule has 1 amide bonds. The van der Waals surface area contributed by atoms with Gasteiger partial charge in [0.25, 0.3) is 5.91 Å². The third kappa shape index (κ3) is 3.95. The van der Waals surface area contributed by atoms with Gasteiger partial charge in [0.1, 0.15) is 5.69 Å². The third-order valence-electron chi connectivity index (χ3n) is 3.32. The van der Waals surface area contributed by atoms with Gasteiger partial charge in [-0.2, -0.15) is 0 Å². The molecule has 1 aromatic carbocycles. The number of hydrogen-bond acceptors (Lipinski definition) is 4. The van der Waals surface area contributed by atoms with Gasteiger partial charge in [0.05, 0.1) is 0 Å². The van der Waals surface area contributed by atoms with Crippen molar-refractivity contribution in [2.24, 2.45) is 0 Å². The molecule has 116 valence electrons. The van der Waals surface area contributed by atoms with E-state index in [9.17, 15) is 4.79 Å². The fourth-order valence-electron chi connectivity index (χ4n) is 2.05. The lowest BCUT2D eigenvalue weighted by atomic mass is 10.2. The van der Waals surface area contributed by atoms with Crippen molar-refractivity contribution in [3.8, 4) is 0 Å². The number of halogens is 1. The number of rotatable bonds is 6. The Bertz CT molecular complexity index is 644. The van der Waals surface area contributed by atoms with Gasteiger partial charge in [0.2, 0.25) is 5.95 Å². The minimum atomic E-state index is -0.0896. The molecule has 5 nitrogen and oxygen atoms in total. The van der Waals surface area contributed by atoms with Crippen LogP contribution in [-0.2, 0) is 6.54 Å². The molecule has 0 radical (unpaired) electrons. The number of carbonyl (C=O) groups is 1. The first-order valence-electron chi connectivity index (χ1n) is 7.25. The van der Waals surface area contributed by atoms with Crippen LogP contribution in [0.3, 0.4) is 0 Å². The summed E-state index contributed by atoms with van der Waals surface area (Å²) in [5.41, 5.74) is 1.34. The second kappa shape index (κ2) is 7.75. The van der Waals surface area contributed by atoms with Gasteiger partial charge < -0.3 is 10.2 Å². The summed E-state index contributed by atoms with van der Waals surface area (Å²) in [5.74, 6) is 0.325. The van der Waals surface area contributed by atoms with E-state index in [0.29, 0.717) is 36.3 Å². The summed E-state index contributed by atoms with van der Waals surface area (Å²) in [6, 6.07) is 9.19. The highest BCUT2D eigenvalue weighted by Gasteiger charge is 2.14. The number of nitrogens with zero attached hydrogens (tertiary/aromatic N) is 3. The molecular weight excluding hydrogens is 300 g/mol. The maximum Gasteiger partial charge on any atom is 0.272 e. The monoisotopic (exact) mass is 318 g/mol. The van der Waals surface area contributed by atoms with Crippen LogP contribution in [0.25, 0.3) is 0 Å². The lowest BCUT2D eigenvalue weighted by Crippen LogP contribution is -2.31. The van der Waals surface area contributed by atoms with Gasteiger partial charge in [-0.25, -0.2) is 9.97 Å². The molecule has 0 aliphatic carbocycles. The highest BCUT2D eigenvalue weighted by Crippen LogP contribution is 2.16. The number of amides is 1. The average molecular weight is 319 g/mol. The predicted octanol–water partition coefficient (Wildman–Crippen LogP) is 3.22. The van der Waals surface area contributed by atoms with Gasteiger partial charge in [-0.15, -0.1) is 0 Å². The molecule has 0 fully saturated rings. The van der Waals surface area contributed by atoms with Crippen molar-refractivity contribution in [1.29, 1.82) is 0 Å². The smallest absolute Gasteiger partial charge is 0.272 e. The van der Waals surface area contributed by atoms with E-state index in [1.165, 1.54) is 0 Å². The first-order chi connectivity index (χ1) is 10.7. The first-order valence-corrected chi connectivity index (χ1v) is 7.63. The van der Waals surface area contributed by atoms with Gasteiger partial charge >= 0.3 is 0 Å². The molecule has 1 heterocycles. The molecule has 22 heavy (non-hydrogen) atoms. The van der Waals surface area contributed by atoms with Gasteiger partial charge in [-0.1, -0.05) is 29.8 Å². The molecule has 0 unspecified atom stereocenters. The highest BCUT2D eigenvalue weighted by atomic mass is 35.5. The van der Waals surface area contributed by atoms with Gasteiger partial charge in [0, 0.05) is 30.9 Å². The van der Waals surface area contributed by atoms with Crippen LogP contribution in [0.1, 0.15) is 29.9 Å². The van der Waals surface area contributed by atoms with Crippen LogP contribution in [0.5, 0.6) is 0 Å². The quantitative estimate of drug-likeness (QED) is 0.888. The lowest BCUT2D eigenvalue weighted by Gasteiger charge is -2.18. The number of carbonyl (C=O) groups excluding carboxylic acids is 1. The summed E-state index contributed by atoms with van der Waals surface area (Å²) in [6.45, 7) is 5.70. The average Bonchev–Trinajstić information content (AvgIpc) is 2.55. The molecule has 0 bridgehead atoms. The number of hydrogen-bond donors (Lipinski definition) is 1. The Balaban J connectivity index is 2.09. The number of anilines is 1. The summed E-state index contributed by atoms with van der Waals surface area (Å²) in [4.78, 5) is 22.4. The number of benzene rings is 1. The van der Waals surface area contributed by atoms with Crippen molar-refractivity contribution in [2.45, 2.75) is 20.4 Å². The largest absolute Gasteiger partial charge is 0.350 e. The Kier molecular flexibility index (Phi) is 5.72. The van der Waals surface area contributed by atoms with Crippen molar-refractivity contribution < 1.29 is 4.79 Å². The lowest BCUT2D eigenvalue weighted by molar-refractivity contribution is 0.0767. The Morgan fingerprint density at radius 2 is 1.95 bits per heavy atom. The van der Waals surface area contributed by atoms with Crippen LogP contribution in [-0.4, -0.2) is 33.9 Å². The fourth-order valence-corrected chi connectivity index (χ4v) is 2.25. The molecule has 0 aliphatic rings. The van der Waals surface area contributed by atoms with E-state index in [4.69, 9.17) is 11.6 Å². The zero-order chi connectivity index (χ0) is 15.9. The molecule has 1 N–H and O–H groups in total. The Morgan fingerprint density at radius 1 is 1.23 bits per heavy atom. The second-order valence-electron chi connectivity index (χ2n) is 4.69. The van der Waals surface area contributed by atoms with Crippen LogP contribution in [0.15, 0.2) is 36.5 Å². The minimum Gasteiger partial charge on any atom is -0.350 e. The van der Waals surface area contributed by atoms with E-state index in [2.05, 4.69) is 15.3 Å². The van der Waals surface area contributed by atoms with Crippen LogP contribution in [0.2, 0.25) is 5.02 Å². The Hall–Kier alpha value is -2.14. The standard InChI is InChI=1S/C16H19ClN4O/c1-3-21(4-2)15(22)14-9-10-18-16(20-14)19-11-12-7-5-6-8-13(12)17/h5-10H,3-4,11H2,1-2H3,(H,18,19,20). The molecule has 0 aliphatic heterocycles. The number of aromatic nitrogens is 2. The predicted molar refractivity (Wildman–Crippen MR) is 88.1 cm³/mol. The first kappa shape index (κ1) is 16.2. The normalized spacial score (nSPS) is 10.3. The topological polar surface area (TPSA) is 58.1 Å². The van der Waals surface area contributed by atoms with Crippen LogP contribution >= 0.6 is 11.6 Å². The van der Waals surface area contributed by atoms with Crippen molar-refractivity contribution in [3.05, 3.63) is 52.8 Å². The maximum atomic E-state index is 12.3. The summed E-state index contributed by atoms with van der Waals surface area (Å²) >= 11 is 6.11. The number of nitrogens with one attached hydrogen (secondary N) is 1. The van der Waals surface area contributed by atoms with Crippen molar-refractivity contribution >= 4 is 23.5 Å². The van der Waals surface area contributed by atoms with E-state index in [1.807, 2.05) is 38.1 Å². The summed E-state index contributed by atoms with van der Waals surface area (Å²) in [7, 11) is 0. The van der Waals surface area contributed by atoms with E-state index in [-0.39, 0.29) is 5.91 Å². The molecule has 0 spiro atoms. The van der Waals surface area contributed by atoms with Crippen molar-refractivity contribution in [3.63, 3.8) is 0 Å². The fraction of sp³-hybridized carbons (Fsp3) is 0.312. The summed E-state index contributed by atoms with van der Waals surface area (Å²) in [5, 5.41) is 3.78. The summed E-state index contributed by atoms with van der Waals surface area (Å²) in [6.07, 6.45) is 1.58. The third-order valence-corrected chi connectivity index (χ3v) is 3.69. The Morgan fingerprint density at radius 3 is 2.64 bits per heavy atom. The van der Waals surface area contributed by atoms with Gasteiger partial charge in [0.15, 0.2) is 0 Å². The van der Waals surface area contributed by atoms with Gasteiger partial charge in [-0.05, 0) is 31.5 Å². The molecule has 0 saturated heterocycles. The van der Waals surface area contributed by atoms with E-state index >= 15 is 0 Å². The molecule has 0 saturated carbocycles. The van der Waals surface area contributed by atoms with Crippen LogP contribution in [0.4, 0.5) is 5.95 Å². The summed E-state index contributed by atoms with van der Waals surface area (Å²) < 4.78 is 0. The molecular formula is C16H19ClN4O. The molecule has 0 atom stereocenters. The second-order valence-corrected chi connectivity index (χ2v) is 5.10. The molecule has 1 aromatic heterocycles. The maximum absolute atomic E-state index is 12.3. The van der Waals surface area contributed by atoms with E-state index in [0.717, 1.165) is 5.56 Å². The van der Waals surface area contributed by atoms with Crippen molar-refractivity contribution in [1.82, 2.24) is 14.9 Å². The minimum absolute atomic E-state index is 0.0896. The Labute approximate surface area is 135 Å². The zero-order valence-electron chi connectivity index (χ0n) is 12.7. The van der Waals surface area contributed by atoms with Crippen LogP contribution in [0, 0.1) is 0 Å². The zero-order valence-corrected chi connectivity index (χ0v) is 13.5. The van der Waals surface area contributed by atoms with Gasteiger partial charge in [-0.3, -0.25) is 4.79 Å². The molecule has 2 aromatic rings.